The molecule has 20 heavy (non-hydrogen) atoms. The van der Waals surface area contributed by atoms with Crippen LogP contribution in [0.25, 0.3) is 0 Å². The Bertz CT molecular complexity index is 324. The zero-order chi connectivity index (χ0) is 14.7. The van der Waals surface area contributed by atoms with Crippen LogP contribution in [0.1, 0.15) is 46.5 Å². The number of hydrogen-bond acceptors (Lipinski definition) is 3. The van der Waals surface area contributed by atoms with Gasteiger partial charge in [-0.2, -0.15) is 0 Å². The van der Waals surface area contributed by atoms with Gasteiger partial charge in [0, 0.05) is 37.6 Å². The molecule has 5 unspecified atom stereocenters. The zero-order valence-electron chi connectivity index (χ0n) is 13.3. The van der Waals surface area contributed by atoms with E-state index in [0.29, 0.717) is 0 Å². The Hall–Kier alpha value is -0.610. The number of rotatable bonds is 4. The Morgan fingerprint density at radius 2 is 1.90 bits per heavy atom. The Labute approximate surface area is 123 Å². The maximum Gasteiger partial charge on any atom is 0.223 e. The molecule has 1 aliphatic carbocycles. The van der Waals surface area contributed by atoms with Crippen molar-refractivity contribution in [3.63, 3.8) is 0 Å². The van der Waals surface area contributed by atoms with E-state index >= 15 is 0 Å². The predicted octanol–water partition coefficient (Wildman–Crippen LogP) is 1.60. The highest BCUT2D eigenvalue weighted by molar-refractivity contribution is 5.79. The maximum atomic E-state index is 12.2. The Balaban J connectivity index is 1.74. The van der Waals surface area contributed by atoms with Gasteiger partial charge >= 0.3 is 0 Å². The van der Waals surface area contributed by atoms with E-state index in [0.717, 1.165) is 37.6 Å². The Morgan fingerprint density at radius 3 is 2.45 bits per heavy atom. The van der Waals surface area contributed by atoms with Gasteiger partial charge < -0.3 is 16.0 Å². The second-order valence-corrected chi connectivity index (χ2v) is 7.34. The minimum absolute atomic E-state index is 0.145. The van der Waals surface area contributed by atoms with E-state index in [1.165, 1.54) is 19.5 Å². The summed E-state index contributed by atoms with van der Waals surface area (Å²) >= 11 is 0. The molecular weight excluding hydrogens is 250 g/mol. The highest BCUT2D eigenvalue weighted by Crippen LogP contribution is 2.24. The second kappa shape index (κ2) is 6.90. The zero-order valence-corrected chi connectivity index (χ0v) is 13.3. The van der Waals surface area contributed by atoms with Crippen molar-refractivity contribution >= 4 is 5.91 Å². The summed E-state index contributed by atoms with van der Waals surface area (Å²) in [7, 11) is 0. The first kappa shape index (κ1) is 15.8. The summed E-state index contributed by atoms with van der Waals surface area (Å²) in [4.78, 5) is 14.7. The van der Waals surface area contributed by atoms with Crippen molar-refractivity contribution in [2.75, 3.05) is 19.6 Å². The number of nitrogens with two attached hydrogens (primary N) is 1. The lowest BCUT2D eigenvalue weighted by Crippen LogP contribution is -2.48. The topological polar surface area (TPSA) is 58.4 Å². The van der Waals surface area contributed by atoms with Crippen LogP contribution in [0.2, 0.25) is 0 Å². The smallest absolute Gasteiger partial charge is 0.223 e. The largest absolute Gasteiger partial charge is 0.352 e. The molecule has 0 radical (unpaired) electrons. The number of nitrogens with zero attached hydrogens (tertiary/aromatic N) is 1. The Morgan fingerprint density at radius 1 is 1.25 bits per heavy atom. The van der Waals surface area contributed by atoms with Crippen molar-refractivity contribution in [2.24, 2.45) is 23.5 Å². The standard InChI is InChI=1S/C16H31N3O/c1-11-6-12(2)9-19(8-11)10-13(3)18-16(20)14-4-5-15(17)7-14/h11-15H,4-10,17H2,1-3H3,(H,18,20). The molecule has 1 saturated carbocycles. The monoisotopic (exact) mass is 281 g/mol. The Kier molecular flexibility index (Phi) is 5.44. The lowest BCUT2D eigenvalue weighted by Gasteiger charge is -2.36. The molecule has 3 N–H and O–H groups in total. The van der Waals surface area contributed by atoms with Crippen LogP contribution in [0.3, 0.4) is 0 Å². The van der Waals surface area contributed by atoms with E-state index in [-0.39, 0.29) is 23.9 Å². The molecule has 1 saturated heterocycles. The molecule has 2 aliphatic rings. The number of likely N-dealkylation sites (tertiary alicyclic amines) is 1. The molecule has 116 valence electrons. The minimum atomic E-state index is 0.145. The van der Waals surface area contributed by atoms with E-state index in [4.69, 9.17) is 5.73 Å². The van der Waals surface area contributed by atoms with Gasteiger partial charge in [0.2, 0.25) is 5.91 Å². The molecule has 2 fully saturated rings. The minimum Gasteiger partial charge on any atom is -0.352 e. The molecule has 1 heterocycles. The number of nitrogens with one attached hydrogen (secondary N) is 1. The average Bonchev–Trinajstić information content (AvgIpc) is 2.74. The van der Waals surface area contributed by atoms with Gasteiger partial charge in [-0.15, -0.1) is 0 Å². The molecule has 2 rings (SSSR count). The number of amides is 1. The van der Waals surface area contributed by atoms with Crippen molar-refractivity contribution in [1.82, 2.24) is 10.2 Å². The van der Waals surface area contributed by atoms with Gasteiger partial charge in [0.25, 0.3) is 0 Å². The molecule has 1 aliphatic heterocycles. The molecule has 0 aromatic rings. The van der Waals surface area contributed by atoms with Crippen LogP contribution in [0.4, 0.5) is 0 Å². The van der Waals surface area contributed by atoms with Crippen LogP contribution in [-0.4, -0.2) is 42.5 Å². The summed E-state index contributed by atoms with van der Waals surface area (Å²) in [5.74, 6) is 1.90. The summed E-state index contributed by atoms with van der Waals surface area (Å²) in [6, 6.07) is 0.460. The number of carbonyl (C=O) groups is 1. The summed E-state index contributed by atoms with van der Waals surface area (Å²) in [6.07, 6.45) is 4.14. The van der Waals surface area contributed by atoms with Crippen molar-refractivity contribution < 1.29 is 4.79 Å². The van der Waals surface area contributed by atoms with Crippen LogP contribution in [-0.2, 0) is 4.79 Å². The highest BCUT2D eigenvalue weighted by Gasteiger charge is 2.29. The van der Waals surface area contributed by atoms with Crippen molar-refractivity contribution in [3.05, 3.63) is 0 Å². The molecule has 4 heteroatoms. The maximum absolute atomic E-state index is 12.2. The average molecular weight is 281 g/mol. The first-order chi connectivity index (χ1) is 9.44. The SMILES string of the molecule is CC1CC(C)CN(CC(C)NC(=O)C2CCC(N)C2)C1. The fourth-order valence-corrected chi connectivity index (χ4v) is 3.99. The van der Waals surface area contributed by atoms with Gasteiger partial charge in [0.05, 0.1) is 0 Å². The van der Waals surface area contributed by atoms with Crippen LogP contribution in [0.15, 0.2) is 0 Å². The molecule has 4 nitrogen and oxygen atoms in total. The lowest BCUT2D eigenvalue weighted by atomic mass is 9.91. The molecule has 1 amide bonds. The summed E-state index contributed by atoms with van der Waals surface area (Å²) in [5.41, 5.74) is 5.89. The van der Waals surface area contributed by atoms with Gasteiger partial charge in [0.1, 0.15) is 0 Å². The van der Waals surface area contributed by atoms with E-state index < -0.39 is 0 Å². The third-order valence-electron chi connectivity index (χ3n) is 4.71. The van der Waals surface area contributed by atoms with Crippen LogP contribution >= 0.6 is 0 Å². The first-order valence-electron chi connectivity index (χ1n) is 8.22. The molecule has 0 aromatic carbocycles. The van der Waals surface area contributed by atoms with E-state index in [1.807, 2.05) is 0 Å². The van der Waals surface area contributed by atoms with Crippen molar-refractivity contribution in [2.45, 2.75) is 58.5 Å². The van der Waals surface area contributed by atoms with Crippen molar-refractivity contribution in [1.29, 1.82) is 0 Å². The summed E-state index contributed by atoms with van der Waals surface area (Å²) < 4.78 is 0. The predicted molar refractivity (Wildman–Crippen MR) is 82.3 cm³/mol. The van der Waals surface area contributed by atoms with Crippen LogP contribution in [0.5, 0.6) is 0 Å². The van der Waals surface area contributed by atoms with E-state index in [9.17, 15) is 4.79 Å². The first-order valence-corrected chi connectivity index (χ1v) is 8.22. The second-order valence-electron chi connectivity index (χ2n) is 7.34. The van der Waals surface area contributed by atoms with Gasteiger partial charge in [-0.1, -0.05) is 13.8 Å². The molecule has 0 bridgehead atoms. The quantitative estimate of drug-likeness (QED) is 0.823. The number of carbonyl (C=O) groups excluding carboxylic acids is 1. The number of piperidine rings is 1. The van der Waals surface area contributed by atoms with Crippen molar-refractivity contribution in [3.8, 4) is 0 Å². The molecule has 5 atom stereocenters. The number of hydrogen-bond donors (Lipinski definition) is 2. The van der Waals surface area contributed by atoms with Gasteiger partial charge in [-0.3, -0.25) is 4.79 Å². The molecule has 0 aromatic heterocycles. The fourth-order valence-electron chi connectivity index (χ4n) is 3.99. The van der Waals surface area contributed by atoms with Crippen LogP contribution < -0.4 is 11.1 Å². The van der Waals surface area contributed by atoms with Crippen LogP contribution in [0, 0.1) is 17.8 Å². The third kappa shape index (κ3) is 4.45. The van der Waals surface area contributed by atoms with E-state index in [1.54, 1.807) is 0 Å². The van der Waals surface area contributed by atoms with Gasteiger partial charge in [-0.25, -0.2) is 0 Å². The lowest BCUT2D eigenvalue weighted by molar-refractivity contribution is -0.125. The molecule has 0 spiro atoms. The highest BCUT2D eigenvalue weighted by atomic mass is 16.1. The van der Waals surface area contributed by atoms with Gasteiger partial charge in [0.15, 0.2) is 0 Å². The molecular formula is C16H31N3O. The van der Waals surface area contributed by atoms with Gasteiger partial charge in [-0.05, 0) is 44.4 Å². The third-order valence-corrected chi connectivity index (χ3v) is 4.71. The summed E-state index contributed by atoms with van der Waals surface area (Å²) in [5, 5.41) is 3.18. The summed E-state index contributed by atoms with van der Waals surface area (Å²) in [6.45, 7) is 10.1. The normalized spacial score (nSPS) is 36.8. The fraction of sp³-hybridized carbons (Fsp3) is 0.938. The van der Waals surface area contributed by atoms with E-state index in [2.05, 4.69) is 31.0 Å².